The Bertz CT molecular complexity index is 519. The van der Waals surface area contributed by atoms with Gasteiger partial charge >= 0.3 is 12.5 Å². The lowest BCUT2D eigenvalue weighted by Gasteiger charge is -2.17. The summed E-state index contributed by atoms with van der Waals surface area (Å²) in [5.74, 6) is -1.12. The van der Waals surface area contributed by atoms with Crippen molar-refractivity contribution in [3.05, 3.63) is 21.0 Å². The normalized spacial score (nSPS) is 12.1. The molecule has 0 unspecified atom stereocenters. The fraction of sp³-hybridized carbons (Fsp3) is 0.333. The molecule has 1 heterocycles. The van der Waals surface area contributed by atoms with Crippen LogP contribution >= 0.6 is 22.6 Å². The van der Waals surface area contributed by atoms with E-state index in [-0.39, 0.29) is 0 Å². The van der Waals surface area contributed by atoms with Crippen LogP contribution in [-0.2, 0) is 12.6 Å². The van der Waals surface area contributed by atoms with E-state index in [1.54, 1.807) is 0 Å². The fourth-order valence-electron chi connectivity index (χ4n) is 1.26. The van der Waals surface area contributed by atoms with Crippen LogP contribution in [-0.4, -0.2) is 11.3 Å². The van der Waals surface area contributed by atoms with Crippen molar-refractivity contribution in [2.45, 2.75) is 19.0 Å². The summed E-state index contributed by atoms with van der Waals surface area (Å²) >= 11 is 1.23. The van der Waals surface area contributed by atoms with E-state index in [9.17, 15) is 26.3 Å². The zero-order valence-corrected chi connectivity index (χ0v) is 10.9. The highest BCUT2D eigenvalue weighted by Gasteiger charge is 2.40. The third-order valence-electron chi connectivity index (χ3n) is 1.87. The molecule has 0 atom stereocenters. The first kappa shape index (κ1) is 15.8. The Morgan fingerprint density at radius 2 is 1.84 bits per heavy atom. The SMILES string of the molecule is N#CCc1c(OC(F)(F)F)cnc(I)c1C(F)(F)F. The largest absolute Gasteiger partial charge is 0.573 e. The zero-order valence-electron chi connectivity index (χ0n) is 8.73. The first-order valence-corrected chi connectivity index (χ1v) is 5.51. The Hall–Kier alpha value is -1.25. The first-order chi connectivity index (χ1) is 8.56. The van der Waals surface area contributed by atoms with Crippen molar-refractivity contribution in [2.75, 3.05) is 0 Å². The molecule has 0 spiro atoms. The number of nitrogens with zero attached hydrogens (tertiary/aromatic N) is 2. The van der Waals surface area contributed by atoms with Gasteiger partial charge in [-0.15, -0.1) is 13.2 Å². The Morgan fingerprint density at radius 3 is 2.26 bits per heavy atom. The van der Waals surface area contributed by atoms with Gasteiger partial charge in [0.05, 0.1) is 24.3 Å². The molecule has 0 amide bonds. The van der Waals surface area contributed by atoms with Crippen molar-refractivity contribution in [1.29, 1.82) is 5.26 Å². The van der Waals surface area contributed by atoms with Crippen molar-refractivity contribution >= 4 is 22.6 Å². The molecule has 1 rings (SSSR count). The van der Waals surface area contributed by atoms with Crippen LogP contribution in [0, 0.1) is 15.0 Å². The molecule has 0 aliphatic heterocycles. The molecule has 3 nitrogen and oxygen atoms in total. The average molecular weight is 396 g/mol. The van der Waals surface area contributed by atoms with E-state index in [2.05, 4.69) is 9.72 Å². The minimum Gasteiger partial charge on any atom is -0.404 e. The van der Waals surface area contributed by atoms with Crippen molar-refractivity contribution in [1.82, 2.24) is 4.98 Å². The number of aromatic nitrogens is 1. The summed E-state index contributed by atoms with van der Waals surface area (Å²) < 4.78 is 77.4. The quantitative estimate of drug-likeness (QED) is 0.436. The number of ether oxygens (including phenoxy) is 1. The predicted molar refractivity (Wildman–Crippen MR) is 58.0 cm³/mol. The molecule has 0 aliphatic carbocycles. The van der Waals surface area contributed by atoms with Gasteiger partial charge in [-0.1, -0.05) is 0 Å². The van der Waals surface area contributed by atoms with Crippen molar-refractivity contribution in [2.24, 2.45) is 0 Å². The minimum absolute atomic E-state index is 0.511. The number of halogens is 7. The Labute approximate surface area is 116 Å². The molecular weight excluding hydrogens is 393 g/mol. The lowest BCUT2D eigenvalue weighted by atomic mass is 10.1. The molecule has 0 fully saturated rings. The van der Waals surface area contributed by atoms with Crippen LogP contribution in [0.4, 0.5) is 26.3 Å². The van der Waals surface area contributed by atoms with Gasteiger partial charge in [-0.2, -0.15) is 18.4 Å². The summed E-state index contributed by atoms with van der Waals surface area (Å²) in [4.78, 5) is 3.20. The number of hydrogen-bond acceptors (Lipinski definition) is 3. The van der Waals surface area contributed by atoms with Gasteiger partial charge in [0.15, 0.2) is 5.75 Å². The predicted octanol–water partition coefficient (Wildman–Crippen LogP) is 3.67. The minimum atomic E-state index is -5.17. The topological polar surface area (TPSA) is 45.9 Å². The molecule has 1 aromatic rings. The lowest BCUT2D eigenvalue weighted by Crippen LogP contribution is -2.21. The lowest BCUT2D eigenvalue weighted by molar-refractivity contribution is -0.275. The third-order valence-corrected chi connectivity index (χ3v) is 2.68. The van der Waals surface area contributed by atoms with Crippen LogP contribution in [0.3, 0.4) is 0 Å². The smallest absolute Gasteiger partial charge is 0.404 e. The molecule has 10 heteroatoms. The van der Waals surface area contributed by atoms with Crippen LogP contribution in [0.2, 0.25) is 0 Å². The van der Waals surface area contributed by atoms with Gasteiger partial charge in [0.2, 0.25) is 0 Å². The maximum Gasteiger partial charge on any atom is 0.573 e. The van der Waals surface area contributed by atoms with Crippen molar-refractivity contribution < 1.29 is 31.1 Å². The molecule has 1 aromatic heterocycles. The fourth-order valence-corrected chi connectivity index (χ4v) is 2.03. The highest BCUT2D eigenvalue weighted by Crippen LogP contribution is 2.39. The molecule has 19 heavy (non-hydrogen) atoms. The Morgan fingerprint density at radius 1 is 1.26 bits per heavy atom. The van der Waals surface area contributed by atoms with Crippen molar-refractivity contribution in [3.8, 4) is 11.8 Å². The summed E-state index contributed by atoms with van der Waals surface area (Å²) in [6, 6.07) is 1.37. The van der Waals surface area contributed by atoms with Crippen molar-refractivity contribution in [3.63, 3.8) is 0 Å². The first-order valence-electron chi connectivity index (χ1n) is 4.43. The number of pyridine rings is 1. The molecule has 0 N–H and O–H groups in total. The van der Waals surface area contributed by atoms with Crippen LogP contribution < -0.4 is 4.74 Å². The second-order valence-electron chi connectivity index (χ2n) is 3.15. The molecule has 0 aliphatic rings. The van der Waals surface area contributed by atoms with Gasteiger partial charge < -0.3 is 4.74 Å². The molecule has 0 bridgehead atoms. The standard InChI is InChI=1S/C9H3F6IN2O/c10-8(11,12)6-4(1-2-17)5(3-18-7(6)16)19-9(13,14)15/h3H,1H2. The second kappa shape index (κ2) is 5.40. The average Bonchev–Trinajstić information content (AvgIpc) is 2.19. The molecule has 104 valence electrons. The van der Waals surface area contributed by atoms with Crippen LogP contribution in [0.1, 0.15) is 11.1 Å². The monoisotopic (exact) mass is 396 g/mol. The van der Waals surface area contributed by atoms with E-state index in [1.165, 1.54) is 28.7 Å². The number of hydrogen-bond donors (Lipinski definition) is 0. The molecular formula is C9H3F6IN2O. The van der Waals surface area contributed by atoms with Gasteiger partial charge in [0.1, 0.15) is 3.70 Å². The van der Waals surface area contributed by atoms with E-state index >= 15 is 0 Å². The highest BCUT2D eigenvalue weighted by atomic mass is 127. The number of rotatable bonds is 2. The summed E-state index contributed by atoms with van der Waals surface area (Å²) in [6.07, 6.45) is -10.5. The van der Waals surface area contributed by atoms with E-state index in [4.69, 9.17) is 5.26 Å². The number of alkyl halides is 6. The van der Waals surface area contributed by atoms with E-state index in [0.29, 0.717) is 6.20 Å². The van der Waals surface area contributed by atoms with E-state index in [0.717, 1.165) is 0 Å². The highest BCUT2D eigenvalue weighted by molar-refractivity contribution is 14.1. The summed E-state index contributed by atoms with van der Waals surface area (Å²) in [7, 11) is 0. The zero-order chi connectivity index (χ0) is 14.8. The molecule has 0 saturated carbocycles. The van der Waals surface area contributed by atoms with Gasteiger partial charge in [-0.25, -0.2) is 4.98 Å². The van der Waals surface area contributed by atoms with Crippen LogP contribution in [0.15, 0.2) is 6.20 Å². The van der Waals surface area contributed by atoms with Gasteiger partial charge in [0.25, 0.3) is 0 Å². The summed E-state index contributed by atoms with van der Waals surface area (Å²) in [5, 5.41) is 8.45. The second-order valence-corrected chi connectivity index (χ2v) is 4.17. The third kappa shape index (κ3) is 4.12. The number of nitriles is 1. The van der Waals surface area contributed by atoms with E-state index in [1.807, 2.05) is 0 Å². The van der Waals surface area contributed by atoms with Crippen LogP contribution in [0.5, 0.6) is 5.75 Å². The summed E-state index contributed by atoms with van der Waals surface area (Å²) in [6.45, 7) is 0. The Balaban J connectivity index is 3.46. The molecule has 0 aromatic carbocycles. The van der Waals surface area contributed by atoms with E-state index < -0.39 is 39.5 Å². The summed E-state index contributed by atoms with van der Waals surface area (Å²) in [5.41, 5.74) is -2.27. The van der Waals surface area contributed by atoms with Crippen LogP contribution in [0.25, 0.3) is 0 Å². The van der Waals surface area contributed by atoms with Gasteiger partial charge in [-0.3, -0.25) is 0 Å². The molecule has 0 saturated heterocycles. The maximum atomic E-state index is 12.8. The van der Waals surface area contributed by atoms with Gasteiger partial charge in [0, 0.05) is 5.56 Å². The molecule has 0 radical (unpaired) electrons. The Kier molecular flexibility index (Phi) is 4.49. The maximum absolute atomic E-state index is 12.8. The van der Waals surface area contributed by atoms with Gasteiger partial charge in [-0.05, 0) is 22.6 Å².